The molecule has 2 aromatic rings. The number of benzene rings is 2. The van der Waals surface area contributed by atoms with Crippen LogP contribution in [-0.4, -0.2) is 30.8 Å². The number of para-hydroxylation sites is 1. The average molecular weight is 315 g/mol. The summed E-state index contributed by atoms with van der Waals surface area (Å²) < 4.78 is 10.8. The van der Waals surface area contributed by atoms with E-state index in [4.69, 9.17) is 14.6 Å². The van der Waals surface area contributed by atoms with Gasteiger partial charge in [0.25, 0.3) is 0 Å². The fraction of sp³-hybridized carbons (Fsp3) is 0.278. The third-order valence-corrected chi connectivity index (χ3v) is 3.10. The molecular formula is C18H21NO4. The molecule has 0 heterocycles. The molecule has 5 heteroatoms. The largest absolute Gasteiger partial charge is 0.494 e. The Hall–Kier alpha value is -2.53. The number of nitrogens with one attached hydrogen (secondary N) is 1. The zero-order valence-corrected chi connectivity index (χ0v) is 12.9. The Kier molecular flexibility index (Phi) is 6.94. The van der Waals surface area contributed by atoms with E-state index in [0.29, 0.717) is 18.9 Å². The van der Waals surface area contributed by atoms with Crippen molar-refractivity contribution < 1.29 is 19.4 Å². The molecule has 0 unspecified atom stereocenters. The van der Waals surface area contributed by atoms with E-state index in [9.17, 15) is 4.79 Å². The number of hydrogen-bond acceptors (Lipinski definition) is 4. The Morgan fingerprint density at radius 3 is 2.57 bits per heavy atom. The zero-order valence-electron chi connectivity index (χ0n) is 12.9. The van der Waals surface area contributed by atoms with Gasteiger partial charge in [0.15, 0.2) is 6.61 Å². The molecule has 0 amide bonds. The molecule has 0 aliphatic heterocycles. The molecule has 23 heavy (non-hydrogen) atoms. The van der Waals surface area contributed by atoms with E-state index >= 15 is 0 Å². The monoisotopic (exact) mass is 315 g/mol. The Morgan fingerprint density at radius 2 is 1.78 bits per heavy atom. The van der Waals surface area contributed by atoms with Crippen molar-refractivity contribution in [3.8, 4) is 11.5 Å². The van der Waals surface area contributed by atoms with E-state index in [2.05, 4.69) is 5.32 Å². The highest BCUT2D eigenvalue weighted by molar-refractivity contribution is 5.68. The molecule has 5 nitrogen and oxygen atoms in total. The Labute approximate surface area is 135 Å². The van der Waals surface area contributed by atoms with Crippen molar-refractivity contribution in [2.45, 2.75) is 13.0 Å². The van der Waals surface area contributed by atoms with Crippen LogP contribution in [0.25, 0.3) is 0 Å². The van der Waals surface area contributed by atoms with Gasteiger partial charge in [0.2, 0.25) is 0 Å². The second kappa shape index (κ2) is 9.48. The van der Waals surface area contributed by atoms with Gasteiger partial charge in [0, 0.05) is 6.54 Å². The highest BCUT2D eigenvalue weighted by atomic mass is 16.5. The lowest BCUT2D eigenvalue weighted by Gasteiger charge is -2.08. The summed E-state index contributed by atoms with van der Waals surface area (Å²) in [6.07, 6.45) is 0.907. The minimum absolute atomic E-state index is 0.326. The summed E-state index contributed by atoms with van der Waals surface area (Å²) in [6, 6.07) is 17.2. The van der Waals surface area contributed by atoms with Crippen LogP contribution in [0.3, 0.4) is 0 Å². The first kappa shape index (κ1) is 16.8. The third-order valence-electron chi connectivity index (χ3n) is 3.10. The van der Waals surface area contributed by atoms with Crippen molar-refractivity contribution in [2.24, 2.45) is 0 Å². The van der Waals surface area contributed by atoms with Crippen LogP contribution in [0.2, 0.25) is 0 Å². The maximum Gasteiger partial charge on any atom is 0.341 e. The number of ether oxygens (including phenoxy) is 2. The lowest BCUT2D eigenvalue weighted by molar-refractivity contribution is -0.139. The molecule has 122 valence electrons. The summed E-state index contributed by atoms with van der Waals surface area (Å²) in [5.41, 5.74) is 1.05. The first-order valence-corrected chi connectivity index (χ1v) is 7.56. The van der Waals surface area contributed by atoms with Crippen LogP contribution >= 0.6 is 0 Å². The predicted molar refractivity (Wildman–Crippen MR) is 87.8 cm³/mol. The molecule has 0 saturated heterocycles. The molecule has 0 spiro atoms. The van der Waals surface area contributed by atoms with Gasteiger partial charge in [0.05, 0.1) is 6.61 Å². The van der Waals surface area contributed by atoms with E-state index in [1.54, 1.807) is 6.07 Å². The van der Waals surface area contributed by atoms with E-state index in [-0.39, 0.29) is 6.61 Å². The van der Waals surface area contributed by atoms with Crippen molar-refractivity contribution in [3.05, 3.63) is 60.2 Å². The minimum atomic E-state index is -0.980. The van der Waals surface area contributed by atoms with Gasteiger partial charge in [-0.25, -0.2) is 4.79 Å². The molecule has 2 aromatic carbocycles. The number of carboxylic acids is 1. The molecule has 2 rings (SSSR count). The minimum Gasteiger partial charge on any atom is -0.494 e. The molecule has 2 N–H and O–H groups in total. The summed E-state index contributed by atoms with van der Waals surface area (Å²) in [5, 5.41) is 11.9. The zero-order chi connectivity index (χ0) is 16.3. The maximum absolute atomic E-state index is 10.5. The highest BCUT2D eigenvalue weighted by Crippen LogP contribution is 2.13. The number of aliphatic carboxylic acids is 1. The van der Waals surface area contributed by atoms with Crippen LogP contribution in [0.5, 0.6) is 11.5 Å². The quantitative estimate of drug-likeness (QED) is 0.660. The molecule has 0 aromatic heterocycles. The van der Waals surface area contributed by atoms with Crippen LogP contribution in [0.1, 0.15) is 12.0 Å². The fourth-order valence-electron chi connectivity index (χ4n) is 2.03. The molecule has 0 fully saturated rings. The standard InChI is InChI=1S/C18H21NO4/c20-18(21)14-23-17-9-4-6-15(12-17)13-19-10-5-11-22-16-7-2-1-3-8-16/h1-4,6-9,12,19H,5,10-11,13-14H2,(H,20,21). The van der Waals surface area contributed by atoms with Crippen LogP contribution in [0, 0.1) is 0 Å². The summed E-state index contributed by atoms with van der Waals surface area (Å²) in [5.74, 6) is 0.474. The van der Waals surface area contributed by atoms with Gasteiger partial charge in [-0.05, 0) is 42.8 Å². The number of carbonyl (C=O) groups is 1. The number of rotatable bonds is 10. The first-order chi connectivity index (χ1) is 11.2. The smallest absolute Gasteiger partial charge is 0.341 e. The first-order valence-electron chi connectivity index (χ1n) is 7.56. The second-order valence-electron chi connectivity index (χ2n) is 5.02. The molecule has 0 atom stereocenters. The number of carboxylic acid groups (broad SMARTS) is 1. The van der Waals surface area contributed by atoms with E-state index in [1.165, 1.54) is 0 Å². The second-order valence-corrected chi connectivity index (χ2v) is 5.02. The van der Waals surface area contributed by atoms with Gasteiger partial charge in [0.1, 0.15) is 11.5 Å². The average Bonchev–Trinajstić information content (AvgIpc) is 2.57. The van der Waals surface area contributed by atoms with Gasteiger partial charge in [-0.3, -0.25) is 0 Å². The Bertz CT molecular complexity index is 601. The van der Waals surface area contributed by atoms with Gasteiger partial charge in [-0.2, -0.15) is 0 Å². The summed E-state index contributed by atoms with van der Waals surface area (Å²) >= 11 is 0. The van der Waals surface area contributed by atoms with Crippen molar-refractivity contribution in [3.63, 3.8) is 0 Å². The Morgan fingerprint density at radius 1 is 1.00 bits per heavy atom. The normalized spacial score (nSPS) is 10.3. The molecule has 0 aliphatic rings. The summed E-state index contributed by atoms with van der Waals surface area (Å²) in [7, 11) is 0. The van der Waals surface area contributed by atoms with Crippen molar-refractivity contribution in [1.29, 1.82) is 0 Å². The topological polar surface area (TPSA) is 67.8 Å². The lowest BCUT2D eigenvalue weighted by atomic mass is 10.2. The number of hydrogen-bond donors (Lipinski definition) is 2. The van der Waals surface area contributed by atoms with Crippen molar-refractivity contribution in [2.75, 3.05) is 19.8 Å². The molecule has 0 aliphatic carbocycles. The van der Waals surface area contributed by atoms with Crippen molar-refractivity contribution >= 4 is 5.97 Å². The van der Waals surface area contributed by atoms with Crippen LogP contribution < -0.4 is 14.8 Å². The third kappa shape index (κ3) is 6.84. The van der Waals surface area contributed by atoms with Crippen LogP contribution in [0.4, 0.5) is 0 Å². The lowest BCUT2D eigenvalue weighted by Crippen LogP contribution is -2.17. The summed E-state index contributed by atoms with van der Waals surface area (Å²) in [4.78, 5) is 10.5. The fourth-order valence-corrected chi connectivity index (χ4v) is 2.03. The molecule has 0 bridgehead atoms. The van der Waals surface area contributed by atoms with Crippen LogP contribution in [0.15, 0.2) is 54.6 Å². The summed E-state index contributed by atoms with van der Waals surface area (Å²) in [6.45, 7) is 1.88. The van der Waals surface area contributed by atoms with E-state index < -0.39 is 5.97 Å². The van der Waals surface area contributed by atoms with Gasteiger partial charge >= 0.3 is 5.97 Å². The molecule has 0 radical (unpaired) electrons. The van der Waals surface area contributed by atoms with Crippen LogP contribution in [-0.2, 0) is 11.3 Å². The molecular weight excluding hydrogens is 294 g/mol. The molecule has 0 saturated carbocycles. The maximum atomic E-state index is 10.5. The predicted octanol–water partition coefficient (Wildman–Crippen LogP) is 2.71. The SMILES string of the molecule is O=C(O)COc1cccc(CNCCCOc2ccccc2)c1. The van der Waals surface area contributed by atoms with Crippen molar-refractivity contribution in [1.82, 2.24) is 5.32 Å². The Balaban J connectivity index is 1.62. The van der Waals surface area contributed by atoms with Gasteiger partial charge in [-0.1, -0.05) is 30.3 Å². The van der Waals surface area contributed by atoms with Gasteiger partial charge in [-0.15, -0.1) is 0 Å². The van der Waals surface area contributed by atoms with E-state index in [1.807, 2.05) is 48.5 Å². The highest BCUT2D eigenvalue weighted by Gasteiger charge is 2.00. The van der Waals surface area contributed by atoms with E-state index in [0.717, 1.165) is 24.3 Å². The van der Waals surface area contributed by atoms with Gasteiger partial charge < -0.3 is 19.9 Å².